The van der Waals surface area contributed by atoms with Gasteiger partial charge >= 0.3 is 0 Å². The molecule has 1 rings (SSSR count). The molecule has 1 fully saturated rings. The van der Waals surface area contributed by atoms with Crippen LogP contribution in [0.1, 0.15) is 0 Å². The predicted octanol–water partition coefficient (Wildman–Crippen LogP) is -1.50. The zero-order valence-corrected chi connectivity index (χ0v) is 12.3. The predicted molar refractivity (Wildman–Crippen MR) is 69.3 cm³/mol. The molecule has 7 nitrogen and oxygen atoms in total. The van der Waals surface area contributed by atoms with Crippen molar-refractivity contribution < 1.29 is 13.2 Å². The van der Waals surface area contributed by atoms with Crippen molar-refractivity contribution in [2.24, 2.45) is 0 Å². The first-order valence-electron chi connectivity index (χ1n) is 5.85. The Morgan fingerprint density at radius 2 is 1.56 bits per heavy atom. The summed E-state index contributed by atoms with van der Waals surface area (Å²) in [5.41, 5.74) is 0. The number of hydrogen-bond acceptors (Lipinski definition) is 4. The van der Waals surface area contributed by atoms with Crippen molar-refractivity contribution in [2.75, 3.05) is 60.9 Å². The molecule has 0 atom stereocenters. The van der Waals surface area contributed by atoms with Gasteiger partial charge in [-0.05, 0) is 14.1 Å². The molecule has 1 saturated heterocycles. The van der Waals surface area contributed by atoms with Crippen LogP contribution in [0.25, 0.3) is 0 Å². The fourth-order valence-electron chi connectivity index (χ4n) is 1.77. The summed E-state index contributed by atoms with van der Waals surface area (Å²) in [7, 11) is 3.35. The molecule has 8 heteroatoms. The van der Waals surface area contributed by atoms with Gasteiger partial charge in [-0.2, -0.15) is 17.0 Å². The number of amides is 1. The molecule has 0 bridgehead atoms. The molecule has 0 saturated carbocycles. The van der Waals surface area contributed by atoms with E-state index in [1.54, 1.807) is 4.90 Å². The van der Waals surface area contributed by atoms with Crippen LogP contribution in [-0.2, 0) is 15.0 Å². The van der Waals surface area contributed by atoms with Gasteiger partial charge in [-0.1, -0.05) is 0 Å². The molecule has 0 radical (unpaired) electrons. The number of hydrogen-bond donors (Lipinski definition) is 0. The van der Waals surface area contributed by atoms with Crippen LogP contribution < -0.4 is 0 Å². The van der Waals surface area contributed by atoms with Crippen molar-refractivity contribution in [2.45, 2.75) is 0 Å². The molecule has 0 aromatic carbocycles. The molecular formula is C10H22N4O3S. The van der Waals surface area contributed by atoms with Gasteiger partial charge in [0.2, 0.25) is 5.91 Å². The lowest BCUT2D eigenvalue weighted by molar-refractivity contribution is -0.133. The minimum atomic E-state index is -3.35. The van der Waals surface area contributed by atoms with Crippen LogP contribution in [0.5, 0.6) is 0 Å². The summed E-state index contributed by atoms with van der Waals surface area (Å²) >= 11 is 0. The fourth-order valence-corrected chi connectivity index (χ4v) is 2.86. The van der Waals surface area contributed by atoms with Crippen LogP contribution in [0.4, 0.5) is 0 Å². The molecule has 1 aliphatic heterocycles. The molecule has 0 unspecified atom stereocenters. The van der Waals surface area contributed by atoms with Crippen LogP contribution in [0.15, 0.2) is 0 Å². The number of rotatable bonds is 4. The van der Waals surface area contributed by atoms with Gasteiger partial charge in [-0.25, -0.2) is 0 Å². The molecule has 0 aliphatic carbocycles. The van der Waals surface area contributed by atoms with Crippen LogP contribution >= 0.6 is 0 Å². The Balaban J connectivity index is 2.54. The van der Waals surface area contributed by atoms with Crippen molar-refractivity contribution in [3.05, 3.63) is 0 Å². The fraction of sp³-hybridized carbons (Fsp3) is 0.900. The number of likely N-dealkylation sites (N-methyl/N-ethyl adjacent to an activating group) is 1. The maximum atomic E-state index is 11.9. The third-order valence-electron chi connectivity index (χ3n) is 2.83. The molecule has 1 heterocycles. The lowest BCUT2D eigenvalue weighted by Crippen LogP contribution is -2.54. The van der Waals surface area contributed by atoms with E-state index in [2.05, 4.69) is 0 Å². The van der Waals surface area contributed by atoms with Crippen molar-refractivity contribution in [1.29, 1.82) is 0 Å². The Morgan fingerprint density at radius 1 is 1.06 bits per heavy atom. The van der Waals surface area contributed by atoms with Crippen molar-refractivity contribution in [3.63, 3.8) is 0 Å². The number of nitrogens with zero attached hydrogens (tertiary/aromatic N) is 4. The van der Waals surface area contributed by atoms with Gasteiger partial charge < -0.3 is 9.80 Å². The average molecular weight is 278 g/mol. The summed E-state index contributed by atoms with van der Waals surface area (Å²) in [6.07, 6.45) is 0. The zero-order chi connectivity index (χ0) is 13.9. The molecule has 0 spiro atoms. The van der Waals surface area contributed by atoms with E-state index in [1.165, 1.54) is 22.7 Å². The third-order valence-corrected chi connectivity index (χ3v) is 4.77. The summed E-state index contributed by atoms with van der Waals surface area (Å²) in [6, 6.07) is 0. The van der Waals surface area contributed by atoms with E-state index in [4.69, 9.17) is 0 Å². The highest BCUT2D eigenvalue weighted by Gasteiger charge is 2.30. The van der Waals surface area contributed by atoms with E-state index in [9.17, 15) is 13.2 Å². The minimum Gasteiger partial charge on any atom is -0.339 e. The average Bonchev–Trinajstić information content (AvgIpc) is 2.28. The van der Waals surface area contributed by atoms with Gasteiger partial charge in [0.05, 0.1) is 6.54 Å². The summed E-state index contributed by atoms with van der Waals surface area (Å²) in [5.74, 6) is 0.0434. The molecule has 0 aromatic heterocycles. The van der Waals surface area contributed by atoms with E-state index in [1.807, 2.05) is 19.0 Å². The maximum Gasteiger partial charge on any atom is 0.281 e. The highest BCUT2D eigenvalue weighted by atomic mass is 32.2. The van der Waals surface area contributed by atoms with E-state index in [-0.39, 0.29) is 5.91 Å². The largest absolute Gasteiger partial charge is 0.339 e. The Hall–Kier alpha value is -0.700. The van der Waals surface area contributed by atoms with Crippen molar-refractivity contribution in [3.8, 4) is 0 Å². The van der Waals surface area contributed by atoms with E-state index < -0.39 is 10.2 Å². The van der Waals surface area contributed by atoms with Crippen molar-refractivity contribution in [1.82, 2.24) is 18.4 Å². The standard InChI is InChI=1S/C10H22N4O3S/c1-11(2)9-10(15)13-5-7-14(8-6-13)18(16,17)12(3)4/h5-9H2,1-4H3. The molecule has 1 amide bonds. The van der Waals surface area contributed by atoms with Gasteiger partial charge in [-0.15, -0.1) is 0 Å². The maximum absolute atomic E-state index is 11.9. The quantitative estimate of drug-likeness (QED) is 0.628. The van der Waals surface area contributed by atoms with Crippen LogP contribution in [0.3, 0.4) is 0 Å². The molecule has 18 heavy (non-hydrogen) atoms. The normalized spacial score (nSPS) is 18.7. The zero-order valence-electron chi connectivity index (χ0n) is 11.5. The first-order chi connectivity index (χ1) is 8.25. The summed E-state index contributed by atoms with van der Waals surface area (Å²) in [6.45, 7) is 2.00. The summed E-state index contributed by atoms with van der Waals surface area (Å²) in [5, 5.41) is 0. The van der Waals surface area contributed by atoms with Gasteiger partial charge in [0, 0.05) is 40.3 Å². The Kier molecular flexibility index (Phi) is 5.09. The Bertz CT molecular complexity index is 386. The SMILES string of the molecule is CN(C)CC(=O)N1CCN(S(=O)(=O)N(C)C)CC1. The molecule has 0 N–H and O–H groups in total. The van der Waals surface area contributed by atoms with Crippen LogP contribution in [0, 0.1) is 0 Å². The smallest absolute Gasteiger partial charge is 0.281 e. The second-order valence-corrected chi connectivity index (χ2v) is 6.95. The lowest BCUT2D eigenvalue weighted by atomic mass is 10.3. The van der Waals surface area contributed by atoms with Gasteiger partial charge in [0.1, 0.15) is 0 Å². The Labute approximate surface area is 109 Å². The first-order valence-corrected chi connectivity index (χ1v) is 7.25. The van der Waals surface area contributed by atoms with Crippen LogP contribution in [0.2, 0.25) is 0 Å². The third kappa shape index (κ3) is 3.64. The van der Waals surface area contributed by atoms with E-state index in [0.29, 0.717) is 32.7 Å². The Morgan fingerprint density at radius 3 is 1.94 bits per heavy atom. The topological polar surface area (TPSA) is 64.2 Å². The summed E-state index contributed by atoms with van der Waals surface area (Å²) in [4.78, 5) is 15.3. The van der Waals surface area contributed by atoms with Gasteiger partial charge in [0.15, 0.2) is 0 Å². The van der Waals surface area contributed by atoms with Gasteiger partial charge in [0.25, 0.3) is 10.2 Å². The molecule has 106 valence electrons. The van der Waals surface area contributed by atoms with Crippen molar-refractivity contribution >= 4 is 16.1 Å². The number of carbonyl (C=O) groups is 1. The van der Waals surface area contributed by atoms with Crippen LogP contribution in [-0.4, -0.2) is 93.6 Å². The minimum absolute atomic E-state index is 0.0434. The monoisotopic (exact) mass is 278 g/mol. The second kappa shape index (κ2) is 5.96. The lowest BCUT2D eigenvalue weighted by Gasteiger charge is -2.35. The first kappa shape index (κ1) is 15.4. The van der Waals surface area contributed by atoms with Gasteiger partial charge in [-0.3, -0.25) is 4.79 Å². The molecule has 0 aromatic rings. The highest BCUT2D eigenvalue weighted by molar-refractivity contribution is 7.86. The molecular weight excluding hydrogens is 256 g/mol. The molecule has 1 aliphatic rings. The number of piperazine rings is 1. The number of carbonyl (C=O) groups excluding carboxylic acids is 1. The highest BCUT2D eigenvalue weighted by Crippen LogP contribution is 2.09. The van der Waals surface area contributed by atoms with E-state index >= 15 is 0 Å². The van der Waals surface area contributed by atoms with E-state index in [0.717, 1.165) is 0 Å². The summed E-state index contributed by atoms with van der Waals surface area (Å²) < 4.78 is 26.4. The second-order valence-electron chi connectivity index (χ2n) is 4.81.